The van der Waals surface area contributed by atoms with Gasteiger partial charge in [0.2, 0.25) is 5.88 Å². The molecule has 1 unspecified atom stereocenters. The summed E-state index contributed by atoms with van der Waals surface area (Å²) >= 11 is 0. The zero-order valence-electron chi connectivity index (χ0n) is 7.45. The van der Waals surface area contributed by atoms with Crippen LogP contribution in [-0.2, 0) is 6.42 Å². The monoisotopic (exact) mass is 174 g/mol. The molecule has 1 aromatic rings. The normalized spacial score (nSPS) is 19.2. The second-order valence-electron chi connectivity index (χ2n) is 3.11. The largest absolute Gasteiger partial charge is 0.481 e. The Morgan fingerprint density at radius 1 is 1.69 bits per heavy atom. The second-order valence-corrected chi connectivity index (χ2v) is 3.11. The van der Waals surface area contributed by atoms with E-state index in [0.717, 1.165) is 18.4 Å². The Kier molecular flexibility index (Phi) is 1.90. The SMILES string of the molecule is COc1nccc2c1C(C#N)CC2. The summed E-state index contributed by atoms with van der Waals surface area (Å²) in [6.45, 7) is 0. The van der Waals surface area contributed by atoms with Crippen LogP contribution in [0.25, 0.3) is 0 Å². The molecule has 0 aliphatic heterocycles. The van der Waals surface area contributed by atoms with Crippen LogP contribution >= 0.6 is 0 Å². The first-order chi connectivity index (χ1) is 6.36. The highest BCUT2D eigenvalue weighted by atomic mass is 16.5. The van der Waals surface area contributed by atoms with Gasteiger partial charge in [0.1, 0.15) is 0 Å². The van der Waals surface area contributed by atoms with E-state index in [1.807, 2.05) is 6.07 Å². The molecule has 0 saturated carbocycles. The number of ether oxygens (including phenoxy) is 1. The molecule has 2 rings (SSSR count). The van der Waals surface area contributed by atoms with Crippen LogP contribution in [0.3, 0.4) is 0 Å². The number of hydrogen-bond donors (Lipinski definition) is 0. The molecule has 1 aliphatic carbocycles. The van der Waals surface area contributed by atoms with Gasteiger partial charge in [-0.05, 0) is 24.5 Å². The average molecular weight is 174 g/mol. The van der Waals surface area contributed by atoms with Crippen molar-refractivity contribution in [3.8, 4) is 11.9 Å². The fourth-order valence-corrected chi connectivity index (χ4v) is 1.82. The summed E-state index contributed by atoms with van der Waals surface area (Å²) in [7, 11) is 1.59. The van der Waals surface area contributed by atoms with Crippen LogP contribution in [0.5, 0.6) is 5.88 Å². The summed E-state index contributed by atoms with van der Waals surface area (Å²) in [6, 6.07) is 4.24. The van der Waals surface area contributed by atoms with Gasteiger partial charge < -0.3 is 4.74 Å². The van der Waals surface area contributed by atoms with Gasteiger partial charge in [0.15, 0.2) is 0 Å². The molecule has 1 heterocycles. The Balaban J connectivity index is 2.54. The highest BCUT2D eigenvalue weighted by molar-refractivity contribution is 5.44. The van der Waals surface area contributed by atoms with Crippen molar-refractivity contribution >= 4 is 0 Å². The fraction of sp³-hybridized carbons (Fsp3) is 0.400. The number of aryl methyl sites for hydroxylation is 1. The topological polar surface area (TPSA) is 45.9 Å². The number of aromatic nitrogens is 1. The van der Waals surface area contributed by atoms with Gasteiger partial charge in [-0.2, -0.15) is 5.26 Å². The molecular formula is C10H10N2O. The first kappa shape index (κ1) is 8.06. The van der Waals surface area contributed by atoms with Crippen LogP contribution in [0, 0.1) is 11.3 Å². The van der Waals surface area contributed by atoms with Crippen molar-refractivity contribution in [1.82, 2.24) is 4.98 Å². The van der Waals surface area contributed by atoms with Gasteiger partial charge >= 0.3 is 0 Å². The maximum atomic E-state index is 8.90. The highest BCUT2D eigenvalue weighted by Crippen LogP contribution is 2.37. The molecule has 1 aliphatic rings. The van der Waals surface area contributed by atoms with E-state index in [1.54, 1.807) is 13.3 Å². The number of nitriles is 1. The molecule has 3 heteroatoms. The summed E-state index contributed by atoms with van der Waals surface area (Å²) in [4.78, 5) is 4.09. The fourth-order valence-electron chi connectivity index (χ4n) is 1.82. The van der Waals surface area contributed by atoms with Crippen molar-refractivity contribution in [2.24, 2.45) is 0 Å². The number of nitrogens with zero attached hydrogens (tertiary/aromatic N) is 2. The Morgan fingerprint density at radius 2 is 2.54 bits per heavy atom. The lowest BCUT2D eigenvalue weighted by Gasteiger charge is -2.06. The molecule has 0 aromatic carbocycles. The second kappa shape index (κ2) is 3.06. The standard InChI is InChI=1S/C10H10N2O/c1-13-10-9-7(4-5-12-10)2-3-8(9)6-11/h4-5,8H,2-3H2,1H3. The van der Waals surface area contributed by atoms with Crippen LogP contribution in [0.4, 0.5) is 0 Å². The van der Waals surface area contributed by atoms with E-state index in [4.69, 9.17) is 10.00 Å². The average Bonchev–Trinajstić information content (AvgIpc) is 2.60. The van der Waals surface area contributed by atoms with Crippen LogP contribution < -0.4 is 4.74 Å². The number of pyridine rings is 1. The molecule has 0 amide bonds. The smallest absolute Gasteiger partial charge is 0.217 e. The van der Waals surface area contributed by atoms with Crippen LogP contribution in [0.15, 0.2) is 12.3 Å². The van der Waals surface area contributed by atoms with E-state index in [1.165, 1.54) is 5.56 Å². The van der Waals surface area contributed by atoms with E-state index in [9.17, 15) is 0 Å². The maximum absolute atomic E-state index is 8.90. The Labute approximate surface area is 77.0 Å². The van der Waals surface area contributed by atoms with E-state index in [-0.39, 0.29) is 5.92 Å². The van der Waals surface area contributed by atoms with Crippen molar-refractivity contribution in [1.29, 1.82) is 5.26 Å². The van der Waals surface area contributed by atoms with Crippen LogP contribution in [0.2, 0.25) is 0 Å². The predicted octanol–water partition coefficient (Wildman–Crippen LogP) is 1.64. The van der Waals surface area contributed by atoms with Gasteiger partial charge in [0, 0.05) is 11.8 Å². The zero-order chi connectivity index (χ0) is 9.26. The molecule has 66 valence electrons. The molecule has 0 radical (unpaired) electrons. The Morgan fingerprint density at radius 3 is 3.23 bits per heavy atom. The van der Waals surface area contributed by atoms with Crippen molar-refractivity contribution in [3.05, 3.63) is 23.4 Å². The third kappa shape index (κ3) is 1.15. The Hall–Kier alpha value is -1.56. The molecule has 1 atom stereocenters. The molecule has 13 heavy (non-hydrogen) atoms. The quantitative estimate of drug-likeness (QED) is 0.650. The lowest BCUT2D eigenvalue weighted by atomic mass is 10.1. The minimum atomic E-state index is -0.0290. The van der Waals surface area contributed by atoms with Crippen LogP contribution in [0.1, 0.15) is 23.5 Å². The Bertz CT molecular complexity index is 368. The molecule has 3 nitrogen and oxygen atoms in total. The molecule has 1 aromatic heterocycles. The van der Waals surface area contributed by atoms with Crippen molar-refractivity contribution in [2.75, 3.05) is 7.11 Å². The van der Waals surface area contributed by atoms with Crippen molar-refractivity contribution < 1.29 is 4.74 Å². The van der Waals surface area contributed by atoms with Crippen molar-refractivity contribution in [2.45, 2.75) is 18.8 Å². The first-order valence-corrected chi connectivity index (χ1v) is 4.28. The van der Waals surface area contributed by atoms with Crippen molar-refractivity contribution in [3.63, 3.8) is 0 Å². The van der Waals surface area contributed by atoms with E-state index < -0.39 is 0 Å². The summed E-state index contributed by atoms with van der Waals surface area (Å²) in [6.07, 6.45) is 3.59. The van der Waals surface area contributed by atoms with E-state index >= 15 is 0 Å². The van der Waals surface area contributed by atoms with Gasteiger partial charge in [-0.15, -0.1) is 0 Å². The highest BCUT2D eigenvalue weighted by Gasteiger charge is 2.26. The third-order valence-corrected chi connectivity index (χ3v) is 2.44. The predicted molar refractivity (Wildman–Crippen MR) is 47.5 cm³/mol. The molecule has 0 spiro atoms. The summed E-state index contributed by atoms with van der Waals surface area (Å²) in [5.41, 5.74) is 2.20. The van der Waals surface area contributed by atoms with Crippen LogP contribution in [-0.4, -0.2) is 12.1 Å². The molecule has 0 N–H and O–H groups in total. The number of hydrogen-bond acceptors (Lipinski definition) is 3. The van der Waals surface area contributed by atoms with E-state index in [0.29, 0.717) is 5.88 Å². The number of methoxy groups -OCH3 is 1. The maximum Gasteiger partial charge on any atom is 0.217 e. The lowest BCUT2D eigenvalue weighted by Crippen LogP contribution is -1.97. The number of fused-ring (bicyclic) bond motifs is 1. The zero-order valence-corrected chi connectivity index (χ0v) is 7.45. The summed E-state index contributed by atoms with van der Waals surface area (Å²) in [5, 5.41) is 8.90. The summed E-state index contributed by atoms with van der Waals surface area (Å²) in [5.74, 6) is 0.584. The van der Waals surface area contributed by atoms with Gasteiger partial charge in [-0.1, -0.05) is 0 Å². The molecule has 0 bridgehead atoms. The van der Waals surface area contributed by atoms with Gasteiger partial charge in [-0.3, -0.25) is 0 Å². The molecule has 0 fully saturated rings. The number of rotatable bonds is 1. The molecule has 0 saturated heterocycles. The van der Waals surface area contributed by atoms with Gasteiger partial charge in [0.05, 0.1) is 19.1 Å². The summed E-state index contributed by atoms with van der Waals surface area (Å²) < 4.78 is 5.13. The third-order valence-electron chi connectivity index (χ3n) is 2.44. The van der Waals surface area contributed by atoms with Gasteiger partial charge in [0.25, 0.3) is 0 Å². The molecular weight excluding hydrogens is 164 g/mol. The lowest BCUT2D eigenvalue weighted by molar-refractivity contribution is 0.392. The van der Waals surface area contributed by atoms with E-state index in [2.05, 4.69) is 11.1 Å². The minimum absolute atomic E-state index is 0.0290. The van der Waals surface area contributed by atoms with Gasteiger partial charge in [-0.25, -0.2) is 4.98 Å². The minimum Gasteiger partial charge on any atom is -0.481 e. The first-order valence-electron chi connectivity index (χ1n) is 4.28.